The third kappa shape index (κ3) is 3.36. The molecule has 0 saturated heterocycles. The summed E-state index contributed by atoms with van der Waals surface area (Å²) >= 11 is 3.71. The summed E-state index contributed by atoms with van der Waals surface area (Å²) in [7, 11) is 0. The number of rotatable bonds is 5. The van der Waals surface area contributed by atoms with Gasteiger partial charge >= 0.3 is 0 Å². The van der Waals surface area contributed by atoms with Gasteiger partial charge < -0.3 is 4.98 Å². The highest BCUT2D eigenvalue weighted by molar-refractivity contribution is 14.1. The Hall–Kier alpha value is -1.73. The van der Waals surface area contributed by atoms with Gasteiger partial charge in [-0.05, 0) is 71.1 Å². The smallest absolute Gasteiger partial charge is 0.202 e. The fourth-order valence-corrected chi connectivity index (χ4v) is 3.51. The van der Waals surface area contributed by atoms with Crippen LogP contribution in [0.25, 0.3) is 0 Å². The number of H-pyrrole nitrogens is 1. The van der Waals surface area contributed by atoms with Crippen molar-refractivity contribution >= 4 is 46.0 Å². The lowest BCUT2D eigenvalue weighted by atomic mass is 10.1. The fourth-order valence-electron chi connectivity index (χ4n) is 2.16. The van der Waals surface area contributed by atoms with Crippen molar-refractivity contribution in [2.45, 2.75) is 6.42 Å². The lowest BCUT2D eigenvalue weighted by Crippen LogP contribution is -1.97. The molecule has 2 aromatic heterocycles. The summed E-state index contributed by atoms with van der Waals surface area (Å²) in [5, 5.41) is 0. The highest BCUT2D eigenvalue weighted by Gasteiger charge is 2.12. The summed E-state index contributed by atoms with van der Waals surface area (Å²) in [4.78, 5) is 28.0. The average Bonchev–Trinajstić information content (AvgIpc) is 3.17. The molecule has 0 fully saturated rings. The molecular formula is C17H12INO2S. The van der Waals surface area contributed by atoms with Gasteiger partial charge in [0.05, 0.1) is 10.6 Å². The third-order valence-electron chi connectivity index (χ3n) is 3.25. The quantitative estimate of drug-likeness (QED) is 0.379. The Labute approximate surface area is 145 Å². The van der Waals surface area contributed by atoms with Gasteiger partial charge in [0.1, 0.15) is 0 Å². The first-order valence-corrected chi connectivity index (χ1v) is 8.57. The first-order chi connectivity index (χ1) is 10.7. The Morgan fingerprint density at radius 1 is 1.09 bits per heavy atom. The number of thiophene rings is 1. The van der Waals surface area contributed by atoms with Crippen LogP contribution in [0, 0.1) is 3.57 Å². The number of hydrogen-bond acceptors (Lipinski definition) is 3. The first-order valence-electron chi connectivity index (χ1n) is 6.68. The molecule has 0 atom stereocenters. The number of carbonyl (C=O) groups is 2. The number of ketones is 1. The third-order valence-corrected chi connectivity index (χ3v) is 5.06. The van der Waals surface area contributed by atoms with E-state index < -0.39 is 0 Å². The molecule has 22 heavy (non-hydrogen) atoms. The molecule has 2 heterocycles. The van der Waals surface area contributed by atoms with Crippen molar-refractivity contribution in [2.75, 3.05) is 0 Å². The lowest BCUT2D eigenvalue weighted by molar-refractivity contribution is 0.104. The summed E-state index contributed by atoms with van der Waals surface area (Å²) in [5.74, 6) is 0.0488. The molecule has 0 saturated carbocycles. The van der Waals surface area contributed by atoms with Crippen molar-refractivity contribution in [1.29, 1.82) is 0 Å². The van der Waals surface area contributed by atoms with Crippen LogP contribution >= 0.6 is 33.9 Å². The van der Waals surface area contributed by atoms with E-state index >= 15 is 0 Å². The van der Waals surface area contributed by atoms with Crippen molar-refractivity contribution < 1.29 is 9.59 Å². The second-order valence-corrected chi connectivity index (χ2v) is 7.25. The second-order valence-electron chi connectivity index (χ2n) is 4.84. The Kier molecular flexibility index (Phi) is 4.54. The van der Waals surface area contributed by atoms with Gasteiger partial charge in [-0.2, -0.15) is 0 Å². The molecule has 3 nitrogen and oxygen atoms in total. The molecule has 0 aliphatic rings. The number of hydrogen-bond donors (Lipinski definition) is 1. The van der Waals surface area contributed by atoms with Gasteiger partial charge in [-0.25, -0.2) is 0 Å². The lowest BCUT2D eigenvalue weighted by Gasteiger charge is -1.98. The van der Waals surface area contributed by atoms with Crippen LogP contribution < -0.4 is 0 Å². The number of halogens is 1. The topological polar surface area (TPSA) is 49.9 Å². The number of aromatic amines is 1. The van der Waals surface area contributed by atoms with Crippen LogP contribution in [0.4, 0.5) is 0 Å². The van der Waals surface area contributed by atoms with Crippen LogP contribution in [0.5, 0.6) is 0 Å². The van der Waals surface area contributed by atoms with E-state index in [4.69, 9.17) is 0 Å². The molecule has 3 aromatic rings. The Bertz CT molecular complexity index is 817. The van der Waals surface area contributed by atoms with E-state index in [0.29, 0.717) is 17.7 Å². The minimum absolute atomic E-state index is 0.0488. The van der Waals surface area contributed by atoms with E-state index in [1.807, 2.05) is 42.5 Å². The molecule has 0 amide bonds. The summed E-state index contributed by atoms with van der Waals surface area (Å²) < 4.78 is 1.11. The molecular weight excluding hydrogens is 409 g/mol. The molecule has 0 aliphatic carbocycles. The molecule has 3 rings (SSSR count). The van der Waals surface area contributed by atoms with Crippen LogP contribution in [0.2, 0.25) is 0 Å². The second kappa shape index (κ2) is 6.58. The largest absolute Gasteiger partial charge is 0.356 e. The van der Waals surface area contributed by atoms with E-state index in [1.165, 1.54) is 11.3 Å². The van der Waals surface area contributed by atoms with E-state index in [9.17, 15) is 9.59 Å². The van der Waals surface area contributed by atoms with E-state index in [2.05, 4.69) is 27.6 Å². The van der Waals surface area contributed by atoms with Crippen LogP contribution in [0.3, 0.4) is 0 Å². The molecule has 0 bridgehead atoms. The normalized spacial score (nSPS) is 10.6. The predicted molar refractivity (Wildman–Crippen MR) is 95.9 cm³/mol. The van der Waals surface area contributed by atoms with Crippen molar-refractivity contribution in [3.8, 4) is 0 Å². The van der Waals surface area contributed by atoms with Crippen molar-refractivity contribution in [1.82, 2.24) is 4.98 Å². The maximum atomic E-state index is 12.4. The Morgan fingerprint density at radius 3 is 2.55 bits per heavy atom. The van der Waals surface area contributed by atoms with Gasteiger partial charge in [-0.15, -0.1) is 11.3 Å². The molecule has 0 spiro atoms. The molecule has 5 heteroatoms. The van der Waals surface area contributed by atoms with Gasteiger partial charge in [-0.1, -0.05) is 0 Å². The number of nitrogens with one attached hydrogen (secondary N) is 1. The molecule has 1 N–H and O–H groups in total. The Morgan fingerprint density at radius 2 is 1.86 bits per heavy atom. The monoisotopic (exact) mass is 421 g/mol. The zero-order valence-corrected chi connectivity index (χ0v) is 14.5. The summed E-state index contributed by atoms with van der Waals surface area (Å²) in [6, 6.07) is 15.0. The van der Waals surface area contributed by atoms with Crippen LogP contribution in [0.1, 0.15) is 36.3 Å². The first kappa shape index (κ1) is 15.2. The average molecular weight is 421 g/mol. The summed E-state index contributed by atoms with van der Waals surface area (Å²) in [6.45, 7) is 0. The summed E-state index contributed by atoms with van der Waals surface area (Å²) in [5.41, 5.74) is 2.25. The minimum Gasteiger partial charge on any atom is -0.356 e. The molecule has 0 radical (unpaired) electrons. The maximum absolute atomic E-state index is 12.4. The van der Waals surface area contributed by atoms with E-state index in [0.717, 1.165) is 25.3 Å². The predicted octanol–water partition coefficient (Wildman–Crippen LogP) is 4.32. The highest BCUT2D eigenvalue weighted by Crippen LogP contribution is 2.23. The van der Waals surface area contributed by atoms with Crippen LogP contribution in [-0.4, -0.2) is 17.1 Å². The van der Waals surface area contributed by atoms with Crippen LogP contribution in [-0.2, 0) is 6.42 Å². The molecule has 0 unspecified atom stereocenters. The van der Waals surface area contributed by atoms with Crippen molar-refractivity contribution in [3.05, 3.63) is 78.8 Å². The molecule has 0 aliphatic heterocycles. The Balaban J connectivity index is 1.76. The van der Waals surface area contributed by atoms with E-state index in [1.54, 1.807) is 6.07 Å². The van der Waals surface area contributed by atoms with Crippen molar-refractivity contribution in [3.63, 3.8) is 0 Å². The maximum Gasteiger partial charge on any atom is 0.202 e. The molecule has 1 aromatic carbocycles. The number of aromatic nitrogens is 1. The van der Waals surface area contributed by atoms with Gasteiger partial charge in [0.2, 0.25) is 5.78 Å². The van der Waals surface area contributed by atoms with Gasteiger partial charge in [0.15, 0.2) is 6.29 Å². The minimum atomic E-state index is 0.0488. The number of aldehydes is 1. The standard InChI is InChI=1S/C17H12INO2S/c18-12-3-1-11(2-4-12)17(21)16-8-7-15(22-16)9-13-5-6-14(10-20)19-13/h1-8,10,19H,9H2. The van der Waals surface area contributed by atoms with Crippen molar-refractivity contribution in [2.24, 2.45) is 0 Å². The zero-order valence-electron chi connectivity index (χ0n) is 11.5. The number of carbonyl (C=O) groups excluding carboxylic acids is 2. The van der Waals surface area contributed by atoms with Gasteiger partial charge in [0, 0.05) is 26.1 Å². The fraction of sp³-hybridized carbons (Fsp3) is 0.0588. The number of benzene rings is 1. The van der Waals surface area contributed by atoms with Crippen LogP contribution in [0.15, 0.2) is 48.5 Å². The molecule has 110 valence electrons. The summed E-state index contributed by atoms with van der Waals surface area (Å²) in [6.07, 6.45) is 1.49. The SMILES string of the molecule is O=Cc1ccc(Cc2ccc(C(=O)c3ccc(I)cc3)s2)[nH]1. The zero-order chi connectivity index (χ0) is 15.5. The highest BCUT2D eigenvalue weighted by atomic mass is 127. The van der Waals surface area contributed by atoms with E-state index in [-0.39, 0.29) is 5.78 Å². The van der Waals surface area contributed by atoms with Gasteiger partial charge in [-0.3, -0.25) is 9.59 Å². The van der Waals surface area contributed by atoms with Gasteiger partial charge in [0.25, 0.3) is 0 Å².